The first-order valence-electron chi connectivity index (χ1n) is 22.0. The molecule has 0 saturated heterocycles. The molecule has 0 radical (unpaired) electrons. The van der Waals surface area contributed by atoms with E-state index in [4.69, 9.17) is 4.42 Å². The van der Waals surface area contributed by atoms with Crippen molar-refractivity contribution in [2.24, 2.45) is 0 Å². The molecule has 2 nitrogen and oxygen atoms in total. The summed E-state index contributed by atoms with van der Waals surface area (Å²) in [6.45, 7) is 13.9. The molecule has 0 unspecified atom stereocenters. The number of rotatable bonds is 6. The monoisotopic (exact) mass is 831 g/mol. The van der Waals surface area contributed by atoms with Gasteiger partial charge in [0.05, 0.1) is 16.1 Å². The normalized spacial score (nSPS) is 12.3. The van der Waals surface area contributed by atoms with Crippen molar-refractivity contribution in [2.45, 2.75) is 52.4 Å². The van der Waals surface area contributed by atoms with Crippen LogP contribution in [-0.2, 0) is 10.8 Å². The molecule has 3 heteroatoms. The summed E-state index contributed by atoms with van der Waals surface area (Å²) in [6.07, 6.45) is 0. The van der Waals surface area contributed by atoms with E-state index < -0.39 is 0 Å². The molecule has 11 rings (SSSR count). The van der Waals surface area contributed by atoms with Crippen LogP contribution in [0, 0.1) is 0 Å². The van der Waals surface area contributed by atoms with Gasteiger partial charge in [-0.15, -0.1) is 11.3 Å². The van der Waals surface area contributed by atoms with Crippen LogP contribution in [-0.4, -0.2) is 0 Å². The second kappa shape index (κ2) is 14.9. The number of fused-ring (bicyclic) bond motifs is 7. The lowest BCUT2D eigenvalue weighted by molar-refractivity contribution is 0.569. The Kier molecular flexibility index (Phi) is 9.19. The average molecular weight is 832 g/mol. The molecule has 0 spiro atoms. The first-order chi connectivity index (χ1) is 30.5. The molecule has 0 aliphatic carbocycles. The standard InChI is InChI=1S/C60H49NOS/c1-59(2,3)41-35-40(36-42(37-41)60(4,5)6)45-22-13-17-39-18-14-24-48(56(39)45)46-19-7-10-26-51(46)61(52-27-15-25-49-47-20-9-12-30-55(47)63-58(49)52)43-33-31-38(32-34-43)44-23-16-29-54-57(44)50-21-8-11-28-53(50)62-54/h7-37H,1-6H3. The van der Waals surface area contributed by atoms with Crippen LogP contribution in [0.2, 0.25) is 0 Å². The van der Waals surface area contributed by atoms with Crippen molar-refractivity contribution < 1.29 is 4.42 Å². The van der Waals surface area contributed by atoms with Crippen LogP contribution in [0.1, 0.15) is 52.7 Å². The second-order valence-corrected chi connectivity index (χ2v) is 20.0. The average Bonchev–Trinajstić information content (AvgIpc) is 3.88. The van der Waals surface area contributed by atoms with Crippen LogP contribution in [0.15, 0.2) is 192 Å². The maximum absolute atomic E-state index is 6.31. The Hall–Kier alpha value is -6.94. The Labute approximate surface area is 373 Å². The zero-order valence-corrected chi connectivity index (χ0v) is 37.5. The third-order valence-corrected chi connectivity index (χ3v) is 14.0. The lowest BCUT2D eigenvalue weighted by Gasteiger charge is -2.29. The minimum atomic E-state index is -0.00148. The molecule has 0 saturated carbocycles. The third kappa shape index (κ3) is 6.70. The Morgan fingerprint density at radius 1 is 0.413 bits per heavy atom. The maximum Gasteiger partial charge on any atom is 0.136 e. The summed E-state index contributed by atoms with van der Waals surface area (Å²) < 4.78 is 8.86. The minimum Gasteiger partial charge on any atom is -0.456 e. The quantitative estimate of drug-likeness (QED) is 0.166. The summed E-state index contributed by atoms with van der Waals surface area (Å²) in [6, 6.07) is 69.3. The van der Waals surface area contributed by atoms with E-state index in [-0.39, 0.29) is 10.8 Å². The zero-order valence-electron chi connectivity index (χ0n) is 36.7. The molecule has 0 fully saturated rings. The lowest BCUT2D eigenvalue weighted by Crippen LogP contribution is -2.16. The van der Waals surface area contributed by atoms with Gasteiger partial charge in [0.15, 0.2) is 0 Å². The van der Waals surface area contributed by atoms with Gasteiger partial charge in [0.1, 0.15) is 11.2 Å². The molecule has 0 bridgehead atoms. The number of benzene rings is 9. The van der Waals surface area contributed by atoms with Crippen LogP contribution in [0.3, 0.4) is 0 Å². The number of hydrogen-bond acceptors (Lipinski definition) is 3. The number of nitrogens with zero attached hydrogens (tertiary/aromatic N) is 1. The number of anilines is 3. The molecule has 2 aromatic heterocycles. The topological polar surface area (TPSA) is 16.4 Å². The van der Waals surface area contributed by atoms with Gasteiger partial charge >= 0.3 is 0 Å². The highest BCUT2D eigenvalue weighted by Crippen LogP contribution is 2.49. The fourth-order valence-corrected chi connectivity index (χ4v) is 10.7. The van der Waals surface area contributed by atoms with Crippen LogP contribution >= 0.6 is 11.3 Å². The lowest BCUT2D eigenvalue weighted by atomic mass is 9.78. The van der Waals surface area contributed by atoms with Crippen molar-refractivity contribution in [3.05, 3.63) is 199 Å². The molecule has 63 heavy (non-hydrogen) atoms. The van der Waals surface area contributed by atoms with Crippen LogP contribution < -0.4 is 4.90 Å². The maximum atomic E-state index is 6.31. The van der Waals surface area contributed by atoms with Crippen LogP contribution in [0.25, 0.3) is 86.3 Å². The SMILES string of the molecule is CC(C)(C)c1cc(-c2cccc3cccc(-c4ccccc4N(c4ccc(-c5cccc6oc7ccccc7c56)cc4)c4cccc5c4sc4ccccc45)c23)cc(C(C)(C)C)c1. The van der Waals surface area contributed by atoms with Gasteiger partial charge in [0, 0.05) is 37.5 Å². The van der Waals surface area contributed by atoms with Crippen LogP contribution in [0.4, 0.5) is 17.1 Å². The van der Waals surface area contributed by atoms with E-state index >= 15 is 0 Å². The van der Waals surface area contributed by atoms with Gasteiger partial charge in [0.2, 0.25) is 0 Å². The Bertz CT molecular complexity index is 3500. The smallest absolute Gasteiger partial charge is 0.136 e. The summed E-state index contributed by atoms with van der Waals surface area (Å²) in [7, 11) is 0. The van der Waals surface area contributed by atoms with E-state index in [0.29, 0.717) is 0 Å². The summed E-state index contributed by atoms with van der Waals surface area (Å²) in [5.41, 5.74) is 15.1. The zero-order chi connectivity index (χ0) is 43.0. The van der Waals surface area contributed by atoms with Gasteiger partial charge in [-0.3, -0.25) is 0 Å². The van der Waals surface area contributed by atoms with Crippen molar-refractivity contribution in [3.8, 4) is 33.4 Å². The molecule has 2 heterocycles. The first-order valence-corrected chi connectivity index (χ1v) is 22.8. The molecule has 306 valence electrons. The van der Waals surface area contributed by atoms with E-state index in [0.717, 1.165) is 50.1 Å². The first kappa shape index (κ1) is 38.9. The third-order valence-electron chi connectivity index (χ3n) is 12.8. The second-order valence-electron chi connectivity index (χ2n) is 18.9. The van der Waals surface area contributed by atoms with Crippen molar-refractivity contribution in [1.29, 1.82) is 0 Å². The van der Waals surface area contributed by atoms with E-state index in [1.165, 1.54) is 64.3 Å². The van der Waals surface area contributed by atoms with Gasteiger partial charge in [-0.2, -0.15) is 0 Å². The Morgan fingerprint density at radius 2 is 0.968 bits per heavy atom. The van der Waals surface area contributed by atoms with Crippen molar-refractivity contribution in [3.63, 3.8) is 0 Å². The van der Waals surface area contributed by atoms with Crippen molar-refractivity contribution in [1.82, 2.24) is 0 Å². The number of thiophene rings is 1. The van der Waals surface area contributed by atoms with Gasteiger partial charge in [-0.05, 0) is 103 Å². The minimum absolute atomic E-state index is 0.00148. The van der Waals surface area contributed by atoms with Crippen molar-refractivity contribution >= 4 is 81.3 Å². The molecule has 0 N–H and O–H groups in total. The predicted octanol–water partition coefficient (Wildman–Crippen LogP) is 18.2. The van der Waals surface area contributed by atoms with Gasteiger partial charge in [0.25, 0.3) is 0 Å². The molecular weight excluding hydrogens is 783 g/mol. The molecule has 11 aromatic rings. The molecule has 9 aromatic carbocycles. The fraction of sp³-hybridized carbons (Fsp3) is 0.133. The van der Waals surface area contributed by atoms with Gasteiger partial charge < -0.3 is 9.32 Å². The van der Waals surface area contributed by atoms with Gasteiger partial charge in [-0.25, -0.2) is 0 Å². The number of furan rings is 1. The summed E-state index contributed by atoms with van der Waals surface area (Å²) in [5.74, 6) is 0. The molecular formula is C60H49NOS. The Morgan fingerprint density at radius 3 is 1.71 bits per heavy atom. The van der Waals surface area contributed by atoms with Gasteiger partial charge in [-0.1, -0.05) is 187 Å². The molecule has 0 amide bonds. The summed E-state index contributed by atoms with van der Waals surface area (Å²) >= 11 is 1.87. The highest BCUT2D eigenvalue weighted by atomic mass is 32.1. The van der Waals surface area contributed by atoms with E-state index in [9.17, 15) is 0 Å². The predicted molar refractivity (Wildman–Crippen MR) is 273 cm³/mol. The van der Waals surface area contributed by atoms with E-state index in [2.05, 4.69) is 228 Å². The largest absolute Gasteiger partial charge is 0.456 e. The molecule has 0 aliphatic heterocycles. The van der Waals surface area contributed by atoms with Crippen molar-refractivity contribution in [2.75, 3.05) is 4.90 Å². The Balaban J connectivity index is 1.14. The number of para-hydroxylation sites is 2. The molecule has 0 aliphatic rings. The fourth-order valence-electron chi connectivity index (χ4n) is 9.47. The van der Waals surface area contributed by atoms with E-state index in [1.807, 2.05) is 17.4 Å². The molecule has 0 atom stereocenters. The summed E-state index contributed by atoms with van der Waals surface area (Å²) in [5, 5.41) is 7.32. The summed E-state index contributed by atoms with van der Waals surface area (Å²) in [4.78, 5) is 2.49. The van der Waals surface area contributed by atoms with E-state index in [1.54, 1.807) is 0 Å². The highest BCUT2D eigenvalue weighted by molar-refractivity contribution is 7.26. The number of hydrogen-bond donors (Lipinski definition) is 0. The highest BCUT2D eigenvalue weighted by Gasteiger charge is 2.25. The van der Waals surface area contributed by atoms with Crippen LogP contribution in [0.5, 0.6) is 0 Å².